The Balaban J connectivity index is 1.39. The molecule has 0 radical (unpaired) electrons. The van der Waals surface area contributed by atoms with Crippen molar-refractivity contribution in [1.82, 2.24) is 20.4 Å². The van der Waals surface area contributed by atoms with Crippen LogP contribution in [0.4, 0.5) is 0 Å². The second-order valence-electron chi connectivity index (χ2n) is 9.08. The lowest BCUT2D eigenvalue weighted by Gasteiger charge is -2.32. The molecule has 31 heavy (non-hydrogen) atoms. The lowest BCUT2D eigenvalue weighted by molar-refractivity contribution is -0.126. The van der Waals surface area contributed by atoms with Gasteiger partial charge in [-0.05, 0) is 76.5 Å². The van der Waals surface area contributed by atoms with Gasteiger partial charge in [0.25, 0.3) is 0 Å². The molecule has 0 saturated carbocycles. The zero-order valence-corrected chi connectivity index (χ0v) is 19.7. The molecule has 8 nitrogen and oxygen atoms in total. The highest BCUT2D eigenvalue weighted by atomic mass is 16.5. The maximum Gasteiger partial charge on any atom is 0.245 e. The van der Waals surface area contributed by atoms with E-state index in [4.69, 9.17) is 9.47 Å². The summed E-state index contributed by atoms with van der Waals surface area (Å²) in [4.78, 5) is 28.0. The molecule has 0 aromatic carbocycles. The van der Waals surface area contributed by atoms with E-state index in [1.807, 2.05) is 0 Å². The Kier molecular flexibility index (Phi) is 13.1. The van der Waals surface area contributed by atoms with Gasteiger partial charge in [0.15, 0.2) is 0 Å². The molecular formula is C23H44N4O4. The Hall–Kier alpha value is -1.22. The van der Waals surface area contributed by atoms with Crippen molar-refractivity contribution in [3.8, 4) is 0 Å². The number of carbonyl (C=O) groups is 2. The summed E-state index contributed by atoms with van der Waals surface area (Å²) in [7, 11) is 1.62. The van der Waals surface area contributed by atoms with Crippen LogP contribution < -0.4 is 10.6 Å². The number of amides is 2. The summed E-state index contributed by atoms with van der Waals surface area (Å²) in [6.45, 7) is 11.1. The number of piperidine rings is 2. The predicted molar refractivity (Wildman–Crippen MR) is 122 cm³/mol. The summed E-state index contributed by atoms with van der Waals surface area (Å²) in [5, 5.41) is 5.56. The van der Waals surface area contributed by atoms with Crippen LogP contribution in [-0.2, 0) is 19.1 Å². The number of hydrogen-bond donors (Lipinski definition) is 2. The molecule has 2 saturated heterocycles. The van der Waals surface area contributed by atoms with E-state index in [2.05, 4.69) is 27.4 Å². The van der Waals surface area contributed by atoms with Gasteiger partial charge in [-0.25, -0.2) is 0 Å². The van der Waals surface area contributed by atoms with Crippen LogP contribution in [0.15, 0.2) is 0 Å². The van der Waals surface area contributed by atoms with Crippen molar-refractivity contribution >= 4 is 11.8 Å². The molecule has 2 amide bonds. The monoisotopic (exact) mass is 440 g/mol. The highest BCUT2D eigenvalue weighted by Crippen LogP contribution is 2.20. The topological polar surface area (TPSA) is 83.1 Å². The fourth-order valence-corrected chi connectivity index (χ4v) is 4.24. The molecule has 0 aliphatic carbocycles. The third kappa shape index (κ3) is 11.8. The molecule has 180 valence electrons. The Morgan fingerprint density at radius 2 is 1.48 bits per heavy atom. The molecule has 2 N–H and O–H groups in total. The zero-order valence-electron chi connectivity index (χ0n) is 19.7. The largest absolute Gasteiger partial charge is 0.372 e. The number of rotatable bonds is 14. The molecule has 2 heterocycles. The first-order valence-corrected chi connectivity index (χ1v) is 12.1. The third-order valence-electron chi connectivity index (χ3n) is 6.52. The van der Waals surface area contributed by atoms with Gasteiger partial charge in [-0.15, -0.1) is 0 Å². The van der Waals surface area contributed by atoms with E-state index >= 15 is 0 Å². The van der Waals surface area contributed by atoms with Gasteiger partial charge in [-0.2, -0.15) is 0 Å². The molecule has 2 rings (SSSR count). The summed E-state index contributed by atoms with van der Waals surface area (Å²) in [5.74, 6) is 1.45. The maximum atomic E-state index is 12.0. The Bertz CT molecular complexity index is 504. The van der Waals surface area contributed by atoms with Gasteiger partial charge in [0.1, 0.15) is 13.2 Å². The van der Waals surface area contributed by atoms with Crippen LogP contribution in [0.5, 0.6) is 0 Å². The number of likely N-dealkylation sites (tertiary alicyclic amines) is 2. The van der Waals surface area contributed by atoms with Gasteiger partial charge < -0.3 is 29.9 Å². The molecule has 8 heteroatoms. The summed E-state index contributed by atoms with van der Waals surface area (Å²) < 4.78 is 10.9. The van der Waals surface area contributed by atoms with Gasteiger partial charge in [0.2, 0.25) is 11.8 Å². The fourth-order valence-electron chi connectivity index (χ4n) is 4.24. The zero-order chi connectivity index (χ0) is 22.3. The molecule has 0 atom stereocenters. The van der Waals surface area contributed by atoms with Gasteiger partial charge in [-0.3, -0.25) is 9.59 Å². The molecule has 2 fully saturated rings. The molecule has 0 spiro atoms. The van der Waals surface area contributed by atoms with Crippen molar-refractivity contribution in [3.63, 3.8) is 0 Å². The standard InChI is InChI=1S/C23H44N4O4/c1-20-5-11-27(12-6-20)15-17-31-19-23(29)25-9-4-21-7-13-26(14-8-21)10-3-16-30-18-22(28)24-2/h20-21H,3-19H2,1-2H3,(H,24,28)(H,25,29). The second-order valence-corrected chi connectivity index (χ2v) is 9.08. The first-order valence-electron chi connectivity index (χ1n) is 12.1. The van der Waals surface area contributed by atoms with E-state index in [-0.39, 0.29) is 25.0 Å². The van der Waals surface area contributed by atoms with Gasteiger partial charge in [0, 0.05) is 33.3 Å². The highest BCUT2D eigenvalue weighted by molar-refractivity contribution is 5.77. The minimum absolute atomic E-state index is 0.00135. The minimum atomic E-state index is -0.0772. The molecule has 0 bridgehead atoms. The Morgan fingerprint density at radius 1 is 0.871 bits per heavy atom. The predicted octanol–water partition coefficient (Wildman–Crippen LogP) is 1.11. The van der Waals surface area contributed by atoms with Gasteiger partial charge >= 0.3 is 0 Å². The SMILES string of the molecule is CNC(=O)COCCCN1CCC(CCNC(=O)COCCN2CCC(C)CC2)CC1. The van der Waals surface area contributed by atoms with Crippen molar-refractivity contribution in [3.05, 3.63) is 0 Å². The quantitative estimate of drug-likeness (QED) is 0.394. The number of likely N-dealkylation sites (N-methyl/N-ethyl adjacent to an activating group) is 1. The smallest absolute Gasteiger partial charge is 0.245 e. The fraction of sp³-hybridized carbons (Fsp3) is 0.913. The van der Waals surface area contributed by atoms with E-state index in [0.29, 0.717) is 19.1 Å². The lowest BCUT2D eigenvalue weighted by Crippen LogP contribution is -2.37. The first-order chi connectivity index (χ1) is 15.1. The number of nitrogens with zero attached hydrogens (tertiary/aromatic N) is 2. The van der Waals surface area contributed by atoms with Crippen LogP contribution in [-0.4, -0.2) is 101 Å². The van der Waals surface area contributed by atoms with E-state index in [9.17, 15) is 9.59 Å². The molecule has 0 aromatic rings. The summed E-state index contributed by atoms with van der Waals surface area (Å²) >= 11 is 0. The summed E-state index contributed by atoms with van der Waals surface area (Å²) in [5.41, 5.74) is 0. The second kappa shape index (κ2) is 15.6. The molecule has 2 aliphatic heterocycles. The van der Waals surface area contributed by atoms with E-state index in [1.165, 1.54) is 25.7 Å². The van der Waals surface area contributed by atoms with Crippen LogP contribution in [0.2, 0.25) is 0 Å². The molecule has 2 aliphatic rings. The van der Waals surface area contributed by atoms with Gasteiger partial charge in [0.05, 0.1) is 6.61 Å². The van der Waals surface area contributed by atoms with Crippen molar-refractivity contribution in [2.45, 2.75) is 45.4 Å². The number of hydrogen-bond acceptors (Lipinski definition) is 6. The molecule has 0 unspecified atom stereocenters. The molecule has 0 aromatic heterocycles. The van der Waals surface area contributed by atoms with Crippen LogP contribution in [0, 0.1) is 11.8 Å². The Labute approximate surface area is 188 Å². The van der Waals surface area contributed by atoms with Crippen LogP contribution in [0.1, 0.15) is 45.4 Å². The average molecular weight is 441 g/mol. The summed E-state index contributed by atoms with van der Waals surface area (Å²) in [6, 6.07) is 0. The van der Waals surface area contributed by atoms with E-state index < -0.39 is 0 Å². The third-order valence-corrected chi connectivity index (χ3v) is 6.52. The average Bonchev–Trinajstić information content (AvgIpc) is 2.78. The maximum absolute atomic E-state index is 12.0. The minimum Gasteiger partial charge on any atom is -0.372 e. The van der Waals surface area contributed by atoms with E-state index in [1.54, 1.807) is 7.05 Å². The number of nitrogens with one attached hydrogen (secondary N) is 2. The van der Waals surface area contributed by atoms with Crippen molar-refractivity contribution < 1.29 is 19.1 Å². The first kappa shape index (κ1) is 26.0. The van der Waals surface area contributed by atoms with Crippen molar-refractivity contribution in [1.29, 1.82) is 0 Å². The van der Waals surface area contributed by atoms with Crippen LogP contribution >= 0.6 is 0 Å². The number of ether oxygens (including phenoxy) is 2. The van der Waals surface area contributed by atoms with Gasteiger partial charge in [-0.1, -0.05) is 6.92 Å². The summed E-state index contributed by atoms with van der Waals surface area (Å²) in [6.07, 6.45) is 6.90. The molecular weight excluding hydrogens is 396 g/mol. The highest BCUT2D eigenvalue weighted by Gasteiger charge is 2.19. The van der Waals surface area contributed by atoms with E-state index in [0.717, 1.165) is 64.6 Å². The van der Waals surface area contributed by atoms with Crippen LogP contribution in [0.3, 0.4) is 0 Å². The normalized spacial score (nSPS) is 19.4. The lowest BCUT2D eigenvalue weighted by atomic mass is 9.93. The Morgan fingerprint density at radius 3 is 2.19 bits per heavy atom. The number of carbonyl (C=O) groups excluding carboxylic acids is 2. The van der Waals surface area contributed by atoms with Crippen molar-refractivity contribution in [2.24, 2.45) is 11.8 Å². The van der Waals surface area contributed by atoms with Crippen LogP contribution in [0.25, 0.3) is 0 Å². The van der Waals surface area contributed by atoms with Crippen molar-refractivity contribution in [2.75, 3.05) is 79.3 Å².